The smallest absolute Gasteiger partial charge is 0.271 e. The molecular weight excluding hydrogens is 278 g/mol. The molecule has 5 heteroatoms. The number of hydrazone groups is 1. The molecule has 0 bridgehead atoms. The Morgan fingerprint density at radius 2 is 1.86 bits per heavy atom. The first-order valence-electron chi connectivity index (χ1n) is 7.01. The van der Waals surface area contributed by atoms with Crippen molar-refractivity contribution in [3.05, 3.63) is 65.7 Å². The Morgan fingerprint density at radius 3 is 2.50 bits per heavy atom. The number of aliphatic hydroxyl groups excluding tert-OH is 1. The van der Waals surface area contributed by atoms with E-state index < -0.39 is 0 Å². The summed E-state index contributed by atoms with van der Waals surface area (Å²) < 4.78 is 0. The van der Waals surface area contributed by atoms with Crippen molar-refractivity contribution in [1.29, 1.82) is 0 Å². The van der Waals surface area contributed by atoms with Crippen molar-refractivity contribution >= 4 is 17.8 Å². The van der Waals surface area contributed by atoms with E-state index in [1.807, 2.05) is 42.3 Å². The summed E-state index contributed by atoms with van der Waals surface area (Å²) in [4.78, 5) is 13.8. The van der Waals surface area contributed by atoms with Crippen LogP contribution < -0.4 is 10.3 Å². The predicted octanol–water partition coefficient (Wildman–Crippen LogP) is 1.88. The molecule has 0 aliphatic carbocycles. The lowest BCUT2D eigenvalue weighted by atomic mass is 10.2. The van der Waals surface area contributed by atoms with E-state index in [9.17, 15) is 4.79 Å². The van der Waals surface area contributed by atoms with Crippen molar-refractivity contribution in [2.24, 2.45) is 5.10 Å². The lowest BCUT2D eigenvalue weighted by Gasteiger charge is -2.17. The predicted molar refractivity (Wildman–Crippen MR) is 88.3 cm³/mol. The van der Waals surface area contributed by atoms with Crippen LogP contribution in [0.15, 0.2) is 59.7 Å². The number of hydrogen-bond acceptors (Lipinski definition) is 4. The van der Waals surface area contributed by atoms with E-state index in [1.54, 1.807) is 30.5 Å². The Bertz CT molecular complexity index is 624. The molecule has 22 heavy (non-hydrogen) atoms. The van der Waals surface area contributed by atoms with Gasteiger partial charge in [0.2, 0.25) is 0 Å². The fraction of sp³-hybridized carbons (Fsp3) is 0.176. The first-order valence-corrected chi connectivity index (χ1v) is 7.01. The number of benzene rings is 2. The zero-order chi connectivity index (χ0) is 15.8. The van der Waals surface area contributed by atoms with Crippen molar-refractivity contribution in [1.82, 2.24) is 5.43 Å². The minimum absolute atomic E-state index is 0.116. The van der Waals surface area contributed by atoms with Gasteiger partial charge in [-0.2, -0.15) is 5.10 Å². The highest BCUT2D eigenvalue weighted by Gasteiger charge is 2.02. The number of likely N-dealkylation sites (N-methyl/N-ethyl adjacent to an activating group) is 1. The highest BCUT2D eigenvalue weighted by molar-refractivity contribution is 5.94. The van der Waals surface area contributed by atoms with Crippen LogP contribution in [0.25, 0.3) is 0 Å². The number of nitrogens with one attached hydrogen (secondary N) is 1. The maximum absolute atomic E-state index is 11.8. The van der Waals surface area contributed by atoms with Crippen molar-refractivity contribution in [3.8, 4) is 0 Å². The minimum Gasteiger partial charge on any atom is -0.395 e. The molecule has 0 aliphatic heterocycles. The summed E-state index contributed by atoms with van der Waals surface area (Å²) in [7, 11) is 1.92. The number of aliphatic hydroxyl groups is 1. The Kier molecular flexibility index (Phi) is 5.68. The zero-order valence-corrected chi connectivity index (χ0v) is 12.4. The second-order valence-electron chi connectivity index (χ2n) is 4.80. The minimum atomic E-state index is -0.240. The van der Waals surface area contributed by atoms with E-state index in [2.05, 4.69) is 10.5 Å². The number of hydrogen-bond donors (Lipinski definition) is 2. The zero-order valence-electron chi connectivity index (χ0n) is 12.4. The van der Waals surface area contributed by atoms with E-state index in [0.717, 1.165) is 11.3 Å². The van der Waals surface area contributed by atoms with Crippen molar-refractivity contribution in [3.63, 3.8) is 0 Å². The van der Waals surface area contributed by atoms with Gasteiger partial charge in [0.1, 0.15) is 0 Å². The van der Waals surface area contributed by atoms with Gasteiger partial charge in [-0.1, -0.05) is 30.3 Å². The third-order valence-electron chi connectivity index (χ3n) is 3.18. The summed E-state index contributed by atoms with van der Waals surface area (Å²) in [5.74, 6) is -0.240. The molecule has 0 fully saturated rings. The van der Waals surface area contributed by atoms with Gasteiger partial charge in [-0.05, 0) is 29.8 Å². The molecule has 1 amide bonds. The molecule has 0 unspecified atom stereocenters. The molecule has 2 aromatic rings. The van der Waals surface area contributed by atoms with E-state index in [4.69, 9.17) is 5.11 Å². The second kappa shape index (κ2) is 7.95. The molecule has 2 N–H and O–H groups in total. The first-order chi connectivity index (χ1) is 10.7. The fourth-order valence-corrected chi connectivity index (χ4v) is 1.91. The number of anilines is 1. The Labute approximate surface area is 129 Å². The van der Waals surface area contributed by atoms with Gasteiger partial charge < -0.3 is 10.0 Å². The van der Waals surface area contributed by atoms with E-state index in [1.165, 1.54) is 0 Å². The number of amides is 1. The number of nitrogens with zero attached hydrogens (tertiary/aromatic N) is 2. The third-order valence-corrected chi connectivity index (χ3v) is 3.18. The van der Waals surface area contributed by atoms with Crippen LogP contribution in [0.1, 0.15) is 15.9 Å². The summed E-state index contributed by atoms with van der Waals surface area (Å²) >= 11 is 0. The topological polar surface area (TPSA) is 64.9 Å². The van der Waals surface area contributed by atoms with Crippen molar-refractivity contribution in [2.75, 3.05) is 25.1 Å². The molecule has 0 saturated heterocycles. The number of carbonyl (C=O) groups excluding carboxylic acids is 1. The van der Waals surface area contributed by atoms with Gasteiger partial charge >= 0.3 is 0 Å². The van der Waals surface area contributed by atoms with Gasteiger partial charge in [0.25, 0.3) is 5.91 Å². The third kappa shape index (κ3) is 4.43. The van der Waals surface area contributed by atoms with Gasteiger partial charge in [0.05, 0.1) is 12.8 Å². The average Bonchev–Trinajstić information content (AvgIpc) is 2.56. The first kappa shape index (κ1) is 15.7. The van der Waals surface area contributed by atoms with Crippen molar-refractivity contribution in [2.45, 2.75) is 0 Å². The molecule has 114 valence electrons. The Morgan fingerprint density at radius 1 is 1.18 bits per heavy atom. The molecular formula is C17H19N3O2. The van der Waals surface area contributed by atoms with E-state index in [0.29, 0.717) is 12.1 Å². The normalized spacial score (nSPS) is 10.6. The Hall–Kier alpha value is -2.66. The van der Waals surface area contributed by atoms with Crippen LogP contribution in [0.2, 0.25) is 0 Å². The molecule has 5 nitrogen and oxygen atoms in total. The Balaban J connectivity index is 1.92. The lowest BCUT2D eigenvalue weighted by Crippen LogP contribution is -2.20. The molecule has 0 radical (unpaired) electrons. The quantitative estimate of drug-likeness (QED) is 0.632. The molecule has 0 spiro atoms. The van der Waals surface area contributed by atoms with Gasteiger partial charge in [-0.15, -0.1) is 0 Å². The highest BCUT2D eigenvalue weighted by Crippen LogP contribution is 2.12. The van der Waals surface area contributed by atoms with Crippen LogP contribution in [0.4, 0.5) is 5.69 Å². The van der Waals surface area contributed by atoms with E-state index >= 15 is 0 Å². The van der Waals surface area contributed by atoms with Gasteiger partial charge in [0, 0.05) is 24.8 Å². The standard InChI is InChI=1S/C17H19N3O2/c1-20(11-12-21)16-9-7-14(8-10-16)13-18-19-17(22)15-5-3-2-4-6-15/h2-10,13,21H,11-12H2,1H3,(H,19,22)/b18-13+. The average molecular weight is 297 g/mol. The van der Waals surface area contributed by atoms with Gasteiger partial charge in [-0.3, -0.25) is 4.79 Å². The SMILES string of the molecule is CN(CCO)c1ccc(/C=N/NC(=O)c2ccccc2)cc1. The molecule has 0 saturated carbocycles. The van der Waals surface area contributed by atoms with Crippen LogP contribution in [0, 0.1) is 0 Å². The number of carbonyl (C=O) groups is 1. The van der Waals surface area contributed by atoms with Crippen LogP contribution in [-0.2, 0) is 0 Å². The van der Waals surface area contributed by atoms with Crippen LogP contribution in [-0.4, -0.2) is 37.4 Å². The molecule has 2 aromatic carbocycles. The summed E-state index contributed by atoms with van der Waals surface area (Å²) in [6.07, 6.45) is 1.59. The van der Waals surface area contributed by atoms with E-state index in [-0.39, 0.29) is 12.5 Å². The molecule has 0 aliphatic rings. The summed E-state index contributed by atoms with van der Waals surface area (Å²) in [5, 5.41) is 12.9. The largest absolute Gasteiger partial charge is 0.395 e. The molecule has 0 aromatic heterocycles. The maximum atomic E-state index is 11.8. The lowest BCUT2D eigenvalue weighted by molar-refractivity contribution is 0.0955. The van der Waals surface area contributed by atoms with Crippen LogP contribution >= 0.6 is 0 Å². The summed E-state index contributed by atoms with van der Waals surface area (Å²) in [5.41, 5.74) is 4.96. The van der Waals surface area contributed by atoms with Crippen LogP contribution in [0.5, 0.6) is 0 Å². The molecule has 2 rings (SSSR count). The van der Waals surface area contributed by atoms with Gasteiger partial charge in [0.15, 0.2) is 0 Å². The highest BCUT2D eigenvalue weighted by atomic mass is 16.3. The van der Waals surface area contributed by atoms with Gasteiger partial charge in [-0.25, -0.2) is 5.43 Å². The second-order valence-corrected chi connectivity index (χ2v) is 4.80. The van der Waals surface area contributed by atoms with Crippen molar-refractivity contribution < 1.29 is 9.90 Å². The maximum Gasteiger partial charge on any atom is 0.271 e. The summed E-state index contributed by atoms with van der Waals surface area (Å²) in [6.45, 7) is 0.700. The molecule has 0 heterocycles. The van der Waals surface area contributed by atoms with Crippen LogP contribution in [0.3, 0.4) is 0 Å². The molecule has 0 atom stereocenters. The monoisotopic (exact) mass is 297 g/mol. The number of rotatable bonds is 6. The summed E-state index contributed by atoms with van der Waals surface area (Å²) in [6, 6.07) is 16.6. The fourth-order valence-electron chi connectivity index (χ4n) is 1.91.